The van der Waals surface area contributed by atoms with Gasteiger partial charge < -0.3 is 15.0 Å². The van der Waals surface area contributed by atoms with Crippen LogP contribution in [0.25, 0.3) is 0 Å². The quantitative estimate of drug-likeness (QED) is 0.546. The van der Waals surface area contributed by atoms with Crippen LogP contribution in [0, 0.1) is 0 Å². The first-order valence-electron chi connectivity index (χ1n) is 11.5. The second kappa shape index (κ2) is 9.03. The molecule has 2 aromatic carbocycles. The molecule has 1 N–H and O–H groups in total. The summed E-state index contributed by atoms with van der Waals surface area (Å²) in [4.78, 5) is 18.7. The number of hydrogen-bond acceptors (Lipinski definition) is 5. The summed E-state index contributed by atoms with van der Waals surface area (Å²) in [6.45, 7) is 1.84. The number of esters is 1. The number of nitrogens with one attached hydrogen (secondary N) is 1. The van der Waals surface area contributed by atoms with Gasteiger partial charge in [-0.2, -0.15) is 0 Å². The van der Waals surface area contributed by atoms with Crippen LogP contribution in [-0.4, -0.2) is 31.2 Å². The second-order valence-electron chi connectivity index (χ2n) is 8.65. The Hall–Kier alpha value is -3.34. The Morgan fingerprint density at radius 3 is 2.91 bits per heavy atom. The Labute approximate surface area is 189 Å². The number of nitrogens with zero attached hydrogens (tertiary/aromatic N) is 2. The zero-order valence-corrected chi connectivity index (χ0v) is 18.5. The van der Waals surface area contributed by atoms with Crippen LogP contribution in [0.3, 0.4) is 0 Å². The lowest BCUT2D eigenvalue weighted by atomic mass is 9.82. The molecule has 5 rings (SSSR count). The monoisotopic (exact) mass is 427 g/mol. The summed E-state index contributed by atoms with van der Waals surface area (Å²) in [7, 11) is 1.41. The summed E-state index contributed by atoms with van der Waals surface area (Å²) in [6.07, 6.45) is 9.10. The third-order valence-corrected chi connectivity index (χ3v) is 6.75. The molecule has 1 atom stereocenters. The van der Waals surface area contributed by atoms with E-state index in [1.54, 1.807) is 18.5 Å². The van der Waals surface area contributed by atoms with E-state index >= 15 is 0 Å². The molecule has 1 aliphatic heterocycles. The van der Waals surface area contributed by atoms with Crippen LogP contribution in [0.15, 0.2) is 60.9 Å². The molecule has 32 heavy (non-hydrogen) atoms. The number of pyridine rings is 1. The maximum Gasteiger partial charge on any atom is 0.340 e. The molecule has 0 saturated heterocycles. The van der Waals surface area contributed by atoms with E-state index in [4.69, 9.17) is 4.74 Å². The normalized spacial score (nSPS) is 17.3. The summed E-state index contributed by atoms with van der Waals surface area (Å²) in [5.41, 5.74) is 8.20. The maximum absolute atomic E-state index is 12.1. The van der Waals surface area contributed by atoms with E-state index in [9.17, 15) is 4.79 Å². The predicted molar refractivity (Wildman–Crippen MR) is 128 cm³/mol. The SMILES string of the molecule is COC(=O)c1ccncc1NCC1CCCc2cc(N3CCCc4ccccc43)ccc21. The van der Waals surface area contributed by atoms with Crippen LogP contribution < -0.4 is 10.2 Å². The van der Waals surface area contributed by atoms with Crippen LogP contribution in [0.4, 0.5) is 17.1 Å². The van der Waals surface area contributed by atoms with Crippen molar-refractivity contribution in [1.29, 1.82) is 0 Å². The minimum atomic E-state index is -0.342. The number of anilines is 3. The van der Waals surface area contributed by atoms with Crippen molar-refractivity contribution in [1.82, 2.24) is 4.98 Å². The largest absolute Gasteiger partial charge is 0.465 e. The van der Waals surface area contributed by atoms with E-state index in [0.29, 0.717) is 11.5 Å². The van der Waals surface area contributed by atoms with Crippen molar-refractivity contribution in [3.05, 3.63) is 83.2 Å². The molecule has 3 aromatic rings. The van der Waals surface area contributed by atoms with E-state index < -0.39 is 0 Å². The molecule has 5 nitrogen and oxygen atoms in total. The first-order chi connectivity index (χ1) is 15.7. The lowest BCUT2D eigenvalue weighted by Crippen LogP contribution is -2.25. The number of ether oxygens (including phenoxy) is 1. The first-order valence-corrected chi connectivity index (χ1v) is 11.5. The van der Waals surface area contributed by atoms with Crippen LogP contribution in [0.1, 0.15) is 52.2 Å². The van der Waals surface area contributed by atoms with E-state index in [1.165, 1.54) is 48.0 Å². The third-order valence-electron chi connectivity index (χ3n) is 6.75. The number of aryl methyl sites for hydroxylation is 2. The molecule has 0 fully saturated rings. The van der Waals surface area contributed by atoms with Gasteiger partial charge in [0.2, 0.25) is 0 Å². The van der Waals surface area contributed by atoms with Gasteiger partial charge in [0.15, 0.2) is 0 Å². The number of carbonyl (C=O) groups excluding carboxylic acids is 1. The summed E-state index contributed by atoms with van der Waals surface area (Å²) >= 11 is 0. The van der Waals surface area contributed by atoms with Gasteiger partial charge >= 0.3 is 5.97 Å². The van der Waals surface area contributed by atoms with Crippen molar-refractivity contribution in [2.45, 2.75) is 38.0 Å². The smallest absolute Gasteiger partial charge is 0.340 e. The van der Waals surface area contributed by atoms with E-state index in [1.807, 2.05) is 0 Å². The van der Waals surface area contributed by atoms with Crippen LogP contribution in [0.2, 0.25) is 0 Å². The van der Waals surface area contributed by atoms with Crippen molar-refractivity contribution in [3.8, 4) is 0 Å². The average Bonchev–Trinajstić information content (AvgIpc) is 2.86. The summed E-state index contributed by atoms with van der Waals surface area (Å²) in [5.74, 6) is 0.0672. The molecular formula is C27H29N3O2. The third kappa shape index (κ3) is 3.95. The molecule has 5 heteroatoms. The zero-order valence-electron chi connectivity index (χ0n) is 18.5. The Morgan fingerprint density at radius 2 is 2.00 bits per heavy atom. The van der Waals surface area contributed by atoms with Gasteiger partial charge in [-0.25, -0.2) is 4.79 Å². The van der Waals surface area contributed by atoms with Crippen LogP contribution >= 0.6 is 0 Å². The lowest BCUT2D eigenvalue weighted by molar-refractivity contribution is 0.0601. The number of rotatable bonds is 5. The lowest BCUT2D eigenvalue weighted by Gasteiger charge is -2.33. The molecule has 0 bridgehead atoms. The maximum atomic E-state index is 12.1. The fourth-order valence-electron chi connectivity index (χ4n) is 5.14. The highest BCUT2D eigenvalue weighted by atomic mass is 16.5. The summed E-state index contributed by atoms with van der Waals surface area (Å²) in [6, 6.07) is 17.5. The number of methoxy groups -OCH3 is 1. The number of benzene rings is 2. The molecule has 2 heterocycles. The molecule has 0 spiro atoms. The number of aromatic nitrogens is 1. The van der Waals surface area contributed by atoms with Gasteiger partial charge in [0.25, 0.3) is 0 Å². The zero-order chi connectivity index (χ0) is 21.9. The van der Waals surface area contributed by atoms with Gasteiger partial charge in [0.05, 0.1) is 24.6 Å². The van der Waals surface area contributed by atoms with Gasteiger partial charge in [0.1, 0.15) is 0 Å². The Balaban J connectivity index is 1.36. The molecule has 0 radical (unpaired) electrons. The van der Waals surface area contributed by atoms with Crippen molar-refractivity contribution in [3.63, 3.8) is 0 Å². The topological polar surface area (TPSA) is 54.5 Å². The number of carbonyl (C=O) groups is 1. The molecule has 1 aliphatic carbocycles. The predicted octanol–water partition coefficient (Wildman–Crippen LogP) is 5.48. The fourth-order valence-corrected chi connectivity index (χ4v) is 5.14. The minimum absolute atomic E-state index is 0.342. The molecule has 1 unspecified atom stereocenters. The van der Waals surface area contributed by atoms with Crippen molar-refractivity contribution >= 4 is 23.0 Å². The van der Waals surface area contributed by atoms with E-state index in [-0.39, 0.29) is 5.97 Å². The van der Waals surface area contributed by atoms with Crippen LogP contribution in [-0.2, 0) is 17.6 Å². The average molecular weight is 428 g/mol. The van der Waals surface area contributed by atoms with Crippen molar-refractivity contribution in [2.24, 2.45) is 0 Å². The van der Waals surface area contributed by atoms with Gasteiger partial charge in [0, 0.05) is 36.6 Å². The van der Waals surface area contributed by atoms with Gasteiger partial charge in [-0.1, -0.05) is 24.3 Å². The number of hydrogen-bond donors (Lipinski definition) is 1. The standard InChI is InChI=1S/C27H29N3O2/c1-32-27(31)24-13-14-28-18-25(24)29-17-21-8-4-7-20-16-22(11-12-23(20)21)30-15-5-9-19-6-2-3-10-26(19)30/h2-3,6,10-14,16,18,21,29H,4-5,7-9,15,17H2,1H3. The Morgan fingerprint density at radius 1 is 1.12 bits per heavy atom. The molecular weight excluding hydrogens is 398 g/mol. The van der Waals surface area contributed by atoms with Gasteiger partial charge in [-0.15, -0.1) is 0 Å². The number of para-hydroxylation sites is 1. The summed E-state index contributed by atoms with van der Waals surface area (Å²) < 4.78 is 4.91. The first kappa shape index (κ1) is 20.6. The van der Waals surface area contributed by atoms with Gasteiger partial charge in [-0.3, -0.25) is 4.98 Å². The highest BCUT2D eigenvalue weighted by molar-refractivity contribution is 5.95. The highest BCUT2D eigenvalue weighted by Crippen LogP contribution is 2.38. The van der Waals surface area contributed by atoms with Gasteiger partial charge in [-0.05, 0) is 73.1 Å². The summed E-state index contributed by atoms with van der Waals surface area (Å²) in [5, 5.41) is 3.46. The van der Waals surface area contributed by atoms with E-state index in [0.717, 1.165) is 38.0 Å². The van der Waals surface area contributed by atoms with Crippen molar-refractivity contribution < 1.29 is 9.53 Å². The van der Waals surface area contributed by atoms with E-state index in [2.05, 4.69) is 57.7 Å². The Kier molecular flexibility index (Phi) is 5.80. The van der Waals surface area contributed by atoms with Crippen LogP contribution in [0.5, 0.6) is 0 Å². The fraction of sp³-hybridized carbons (Fsp3) is 0.333. The molecule has 0 amide bonds. The molecule has 2 aliphatic rings. The molecule has 1 aromatic heterocycles. The Bertz CT molecular complexity index is 1130. The molecule has 164 valence electrons. The second-order valence-corrected chi connectivity index (χ2v) is 8.65. The molecule has 0 saturated carbocycles. The highest BCUT2D eigenvalue weighted by Gasteiger charge is 2.24. The van der Waals surface area contributed by atoms with Crippen molar-refractivity contribution in [2.75, 3.05) is 30.4 Å². The number of fused-ring (bicyclic) bond motifs is 2. The minimum Gasteiger partial charge on any atom is -0.465 e.